The van der Waals surface area contributed by atoms with Crippen molar-refractivity contribution in [3.05, 3.63) is 24.3 Å². The van der Waals surface area contributed by atoms with E-state index in [1.54, 1.807) is 12.4 Å². The molecule has 0 aliphatic rings. The molecule has 0 bridgehead atoms. The molecule has 3 heteroatoms. The second kappa shape index (κ2) is 3.56. The van der Waals surface area contributed by atoms with Crippen molar-refractivity contribution >= 4 is 12.6 Å². The fourth-order valence-electron chi connectivity index (χ4n) is 0.647. The first-order valence-corrected chi connectivity index (χ1v) is 3.85. The lowest BCUT2D eigenvalue weighted by Crippen LogP contribution is -2.00. The van der Waals surface area contributed by atoms with Gasteiger partial charge in [0.25, 0.3) is 0 Å². The largest absolute Gasteiger partial charge is 0.241 e. The van der Waals surface area contributed by atoms with Crippen LogP contribution in [0, 0.1) is 0 Å². The first kappa shape index (κ1) is 7.54. The second-order valence-electron chi connectivity index (χ2n) is 2.19. The number of hydrogen-bond donors (Lipinski definition) is 1. The van der Waals surface area contributed by atoms with E-state index < -0.39 is 0 Å². The normalized spacial score (nSPS) is 13.0. The maximum Gasteiger partial charge on any atom is 0.131 e. The van der Waals surface area contributed by atoms with Crippen molar-refractivity contribution < 1.29 is 0 Å². The molecular weight excluding hydrogens is 144 g/mol. The molecule has 0 N–H and O–H groups in total. The first-order valence-electron chi connectivity index (χ1n) is 3.22. The summed E-state index contributed by atoms with van der Waals surface area (Å²) in [6.45, 7) is 2.06. The number of aromatic nitrogens is 2. The Balaban J connectivity index is 2.75. The van der Waals surface area contributed by atoms with Crippen molar-refractivity contribution in [1.29, 1.82) is 0 Å². The van der Waals surface area contributed by atoms with Gasteiger partial charge in [-0.2, -0.15) is 12.6 Å². The third-order valence-electron chi connectivity index (χ3n) is 1.30. The molecule has 0 aromatic carbocycles. The minimum absolute atomic E-state index is 0.351. The molecule has 0 saturated carbocycles. The third kappa shape index (κ3) is 1.70. The van der Waals surface area contributed by atoms with Crippen molar-refractivity contribution in [1.82, 2.24) is 9.97 Å². The van der Waals surface area contributed by atoms with Crippen LogP contribution in [0.4, 0.5) is 0 Å². The standard InChI is InChI=1S/C7H10N2S/c1-6(5-10)7-8-3-2-4-9-7/h2-4,6,10H,5H2,1H3. The van der Waals surface area contributed by atoms with Crippen LogP contribution in [0.1, 0.15) is 18.7 Å². The number of rotatable bonds is 2. The summed E-state index contributed by atoms with van der Waals surface area (Å²) < 4.78 is 0. The molecule has 0 amide bonds. The van der Waals surface area contributed by atoms with E-state index in [4.69, 9.17) is 0 Å². The SMILES string of the molecule is CC(CS)c1ncccn1. The minimum Gasteiger partial charge on any atom is -0.241 e. The Bertz CT molecular complexity index is 188. The highest BCUT2D eigenvalue weighted by Crippen LogP contribution is 2.09. The first-order chi connectivity index (χ1) is 4.84. The monoisotopic (exact) mass is 154 g/mol. The van der Waals surface area contributed by atoms with Crippen LogP contribution in [0.3, 0.4) is 0 Å². The fraction of sp³-hybridized carbons (Fsp3) is 0.429. The van der Waals surface area contributed by atoms with E-state index in [-0.39, 0.29) is 0 Å². The maximum atomic E-state index is 4.15. The quantitative estimate of drug-likeness (QED) is 0.653. The van der Waals surface area contributed by atoms with E-state index >= 15 is 0 Å². The highest BCUT2D eigenvalue weighted by atomic mass is 32.1. The predicted molar refractivity (Wildman–Crippen MR) is 44.3 cm³/mol. The van der Waals surface area contributed by atoms with Crippen molar-refractivity contribution in [2.45, 2.75) is 12.8 Å². The molecule has 1 rings (SSSR count). The Morgan fingerprint density at radius 2 is 2.10 bits per heavy atom. The molecule has 0 saturated heterocycles. The van der Waals surface area contributed by atoms with Crippen molar-refractivity contribution in [3.8, 4) is 0 Å². The van der Waals surface area contributed by atoms with Gasteiger partial charge < -0.3 is 0 Å². The van der Waals surface area contributed by atoms with Crippen LogP contribution in [-0.2, 0) is 0 Å². The molecule has 0 aliphatic heterocycles. The van der Waals surface area contributed by atoms with Gasteiger partial charge in [0.2, 0.25) is 0 Å². The number of thiol groups is 1. The highest BCUT2D eigenvalue weighted by Gasteiger charge is 2.03. The van der Waals surface area contributed by atoms with Gasteiger partial charge in [0.15, 0.2) is 0 Å². The van der Waals surface area contributed by atoms with Crippen LogP contribution < -0.4 is 0 Å². The Kier molecular flexibility index (Phi) is 2.68. The van der Waals surface area contributed by atoms with Gasteiger partial charge in [-0.05, 0) is 11.8 Å². The average molecular weight is 154 g/mol. The molecule has 0 radical (unpaired) electrons. The predicted octanol–water partition coefficient (Wildman–Crippen LogP) is 1.51. The molecule has 54 valence electrons. The highest BCUT2D eigenvalue weighted by molar-refractivity contribution is 7.80. The molecule has 10 heavy (non-hydrogen) atoms. The smallest absolute Gasteiger partial charge is 0.131 e. The van der Waals surface area contributed by atoms with E-state index in [0.29, 0.717) is 5.92 Å². The van der Waals surface area contributed by atoms with Gasteiger partial charge >= 0.3 is 0 Å². The zero-order valence-electron chi connectivity index (χ0n) is 5.86. The van der Waals surface area contributed by atoms with Gasteiger partial charge in [0.05, 0.1) is 0 Å². The van der Waals surface area contributed by atoms with Crippen LogP contribution in [0.5, 0.6) is 0 Å². The Labute approximate surface area is 66.1 Å². The van der Waals surface area contributed by atoms with Crippen molar-refractivity contribution in [3.63, 3.8) is 0 Å². The van der Waals surface area contributed by atoms with Gasteiger partial charge in [-0.3, -0.25) is 0 Å². The zero-order valence-corrected chi connectivity index (χ0v) is 6.75. The summed E-state index contributed by atoms with van der Waals surface area (Å²) in [5.74, 6) is 2.02. The molecule has 0 fully saturated rings. The summed E-state index contributed by atoms with van der Waals surface area (Å²) in [5, 5.41) is 0. The van der Waals surface area contributed by atoms with Gasteiger partial charge in [0.1, 0.15) is 5.82 Å². The van der Waals surface area contributed by atoms with Crippen LogP contribution in [0.25, 0.3) is 0 Å². The molecular formula is C7H10N2S. The van der Waals surface area contributed by atoms with E-state index in [1.807, 2.05) is 6.07 Å². The van der Waals surface area contributed by atoms with E-state index in [1.165, 1.54) is 0 Å². The molecule has 0 aliphatic carbocycles. The minimum atomic E-state index is 0.351. The average Bonchev–Trinajstić information content (AvgIpc) is 2.05. The number of nitrogens with zero attached hydrogens (tertiary/aromatic N) is 2. The Morgan fingerprint density at radius 3 is 2.60 bits per heavy atom. The van der Waals surface area contributed by atoms with E-state index in [9.17, 15) is 0 Å². The molecule has 1 aromatic rings. The summed E-state index contributed by atoms with van der Waals surface area (Å²) >= 11 is 4.15. The lowest BCUT2D eigenvalue weighted by atomic mass is 10.2. The molecule has 2 nitrogen and oxygen atoms in total. The van der Waals surface area contributed by atoms with Gasteiger partial charge in [-0.15, -0.1) is 0 Å². The van der Waals surface area contributed by atoms with E-state index in [2.05, 4.69) is 29.5 Å². The fourth-order valence-corrected chi connectivity index (χ4v) is 0.810. The lowest BCUT2D eigenvalue weighted by molar-refractivity contribution is 0.786. The van der Waals surface area contributed by atoms with Crippen molar-refractivity contribution in [2.24, 2.45) is 0 Å². The molecule has 1 aromatic heterocycles. The van der Waals surface area contributed by atoms with Crippen LogP contribution in [-0.4, -0.2) is 15.7 Å². The summed E-state index contributed by atoms with van der Waals surface area (Å²) in [4.78, 5) is 8.18. The van der Waals surface area contributed by atoms with Gasteiger partial charge in [0, 0.05) is 18.3 Å². The third-order valence-corrected chi connectivity index (χ3v) is 1.85. The summed E-state index contributed by atoms with van der Waals surface area (Å²) in [5.41, 5.74) is 0. The van der Waals surface area contributed by atoms with Crippen molar-refractivity contribution in [2.75, 3.05) is 5.75 Å². The van der Waals surface area contributed by atoms with Gasteiger partial charge in [-0.1, -0.05) is 6.92 Å². The van der Waals surface area contributed by atoms with Crippen LogP contribution >= 0.6 is 12.6 Å². The second-order valence-corrected chi connectivity index (χ2v) is 2.56. The summed E-state index contributed by atoms with van der Waals surface area (Å²) in [6.07, 6.45) is 3.50. The molecule has 1 unspecified atom stereocenters. The summed E-state index contributed by atoms with van der Waals surface area (Å²) in [7, 11) is 0. The molecule has 1 atom stereocenters. The maximum absolute atomic E-state index is 4.15. The Hall–Kier alpha value is -0.570. The molecule has 0 spiro atoms. The molecule has 1 heterocycles. The van der Waals surface area contributed by atoms with Crippen LogP contribution in [0.15, 0.2) is 18.5 Å². The Morgan fingerprint density at radius 1 is 1.50 bits per heavy atom. The number of hydrogen-bond acceptors (Lipinski definition) is 3. The van der Waals surface area contributed by atoms with Crippen LogP contribution in [0.2, 0.25) is 0 Å². The lowest BCUT2D eigenvalue weighted by Gasteiger charge is -2.03. The zero-order chi connectivity index (χ0) is 7.40. The van der Waals surface area contributed by atoms with Gasteiger partial charge in [-0.25, -0.2) is 9.97 Å². The summed E-state index contributed by atoms with van der Waals surface area (Å²) in [6, 6.07) is 1.81. The topological polar surface area (TPSA) is 25.8 Å². The van der Waals surface area contributed by atoms with E-state index in [0.717, 1.165) is 11.6 Å².